The van der Waals surface area contributed by atoms with E-state index in [1.807, 2.05) is 0 Å². The number of aryl methyl sites for hydroxylation is 4. The molecule has 0 atom stereocenters. The Morgan fingerprint density at radius 1 is 0.413 bits per heavy atom. The second-order valence-electron chi connectivity index (χ2n) is 17.5. The molecule has 2 nitrogen and oxygen atoms in total. The lowest BCUT2D eigenvalue weighted by Crippen LogP contribution is -2.14. The fraction of sp³-hybridized carbons (Fsp3) is 0.213. The van der Waals surface area contributed by atoms with Gasteiger partial charge < -0.3 is 0 Å². The number of unbranched alkanes of at least 4 members (excludes halogenated alkanes) is 5. The van der Waals surface area contributed by atoms with Gasteiger partial charge in [0, 0.05) is 28.3 Å². The first-order valence-corrected chi connectivity index (χ1v) is 23.1. The predicted molar refractivity (Wildman–Crippen MR) is 268 cm³/mol. The fourth-order valence-corrected chi connectivity index (χ4v) is 10.0. The van der Waals surface area contributed by atoms with Crippen LogP contribution in [0.15, 0.2) is 192 Å². The lowest BCUT2D eigenvalue weighted by atomic mass is 9.78. The molecule has 0 fully saturated rings. The molecule has 0 saturated carbocycles. The lowest BCUT2D eigenvalue weighted by Gasteiger charge is -2.27. The van der Waals surface area contributed by atoms with Gasteiger partial charge >= 0.3 is 0 Å². The Hall–Kier alpha value is -6.64. The van der Waals surface area contributed by atoms with Crippen molar-refractivity contribution in [3.63, 3.8) is 0 Å². The molecule has 8 aromatic carbocycles. The van der Waals surface area contributed by atoms with Crippen molar-refractivity contribution < 1.29 is 0 Å². The molecule has 0 aromatic heterocycles. The van der Waals surface area contributed by atoms with E-state index in [1.54, 1.807) is 0 Å². The normalized spacial score (nSPS) is 13.6. The zero-order valence-electron chi connectivity index (χ0n) is 37.3. The van der Waals surface area contributed by atoms with Crippen molar-refractivity contribution in [2.24, 2.45) is 9.98 Å². The second-order valence-corrected chi connectivity index (χ2v) is 17.5. The fourth-order valence-electron chi connectivity index (χ4n) is 10.0. The van der Waals surface area contributed by atoms with E-state index >= 15 is 0 Å². The zero-order chi connectivity index (χ0) is 43.1. The molecule has 2 heteroatoms. The maximum absolute atomic E-state index is 6.13. The number of benzene rings is 8. The van der Waals surface area contributed by atoms with Gasteiger partial charge in [-0.05, 0) is 83.5 Å². The molecule has 8 aromatic rings. The summed E-state index contributed by atoms with van der Waals surface area (Å²) in [6.07, 6.45) is 8.61. The van der Waals surface area contributed by atoms with Gasteiger partial charge in [0.25, 0.3) is 0 Å². The van der Waals surface area contributed by atoms with Crippen molar-refractivity contribution >= 4 is 33.6 Å². The van der Waals surface area contributed by atoms with Crippen LogP contribution in [0.5, 0.6) is 0 Å². The molecule has 0 bridgehead atoms. The molecule has 0 heterocycles. The molecular weight excluding hydrogens is 761 g/mol. The van der Waals surface area contributed by atoms with Gasteiger partial charge in [-0.25, -0.2) is 9.98 Å². The van der Waals surface area contributed by atoms with Crippen molar-refractivity contribution in [2.75, 3.05) is 0 Å². The van der Waals surface area contributed by atoms with Crippen molar-refractivity contribution in [2.45, 2.75) is 84.5 Å². The highest BCUT2D eigenvalue weighted by atomic mass is 14.9. The SMILES string of the molecule is CCCCCCCCc1cc(C)cc(C)c1N=C1C(=Nc2c(C(c3ccccc3)c3ccccc3)cc(C)cc2C(c2ccccc2)c2ccccc2)c2cccc3cccc1c23. The van der Waals surface area contributed by atoms with Gasteiger partial charge in [0.2, 0.25) is 0 Å². The summed E-state index contributed by atoms with van der Waals surface area (Å²) in [7, 11) is 0. The maximum Gasteiger partial charge on any atom is 0.0979 e. The molecular formula is C61H58N2. The number of hydrogen-bond acceptors (Lipinski definition) is 2. The van der Waals surface area contributed by atoms with Gasteiger partial charge in [-0.1, -0.05) is 232 Å². The van der Waals surface area contributed by atoms with E-state index in [9.17, 15) is 0 Å². The van der Waals surface area contributed by atoms with Crippen LogP contribution in [-0.2, 0) is 6.42 Å². The molecule has 0 N–H and O–H groups in total. The van der Waals surface area contributed by atoms with E-state index < -0.39 is 0 Å². The van der Waals surface area contributed by atoms with E-state index in [0.29, 0.717) is 0 Å². The summed E-state index contributed by atoms with van der Waals surface area (Å²) < 4.78 is 0. The van der Waals surface area contributed by atoms with Gasteiger partial charge in [-0.15, -0.1) is 0 Å². The quantitative estimate of drug-likeness (QED) is 0.0727. The molecule has 63 heavy (non-hydrogen) atoms. The van der Waals surface area contributed by atoms with Gasteiger partial charge in [-0.2, -0.15) is 0 Å². The standard InChI is InChI=1S/C61H58N2/c1-5-6-7-8-9-14-33-50-39-42(2)38-44(4)58(50)62-60-51-36-23-34-49-35-24-37-52(57(49)51)61(60)63-59-53(55(45-25-15-10-16-26-45)46-27-17-11-18-28-46)40-43(3)41-54(59)56(47-29-19-12-20-30-47)48-31-21-13-22-32-48/h10-13,15-32,34-41,55-56H,5-9,14,33H2,1-4H3. The predicted octanol–water partition coefficient (Wildman–Crippen LogP) is 16.3. The third-order valence-corrected chi connectivity index (χ3v) is 12.9. The number of hydrogen-bond donors (Lipinski definition) is 0. The second kappa shape index (κ2) is 19.2. The maximum atomic E-state index is 6.13. The Morgan fingerprint density at radius 2 is 0.841 bits per heavy atom. The van der Waals surface area contributed by atoms with Crippen LogP contribution < -0.4 is 0 Å². The lowest BCUT2D eigenvalue weighted by molar-refractivity contribution is 0.607. The zero-order valence-corrected chi connectivity index (χ0v) is 37.3. The Morgan fingerprint density at radius 3 is 1.32 bits per heavy atom. The Balaban J connectivity index is 1.34. The first kappa shape index (κ1) is 41.7. The minimum atomic E-state index is -0.0687. The molecule has 9 rings (SSSR count). The molecule has 0 aliphatic heterocycles. The Labute approximate surface area is 375 Å². The highest BCUT2D eigenvalue weighted by Crippen LogP contribution is 2.47. The van der Waals surface area contributed by atoms with Crippen molar-refractivity contribution in [3.05, 3.63) is 249 Å². The smallest absolute Gasteiger partial charge is 0.0979 e. The van der Waals surface area contributed by atoms with Crippen LogP contribution >= 0.6 is 0 Å². The van der Waals surface area contributed by atoms with Crippen LogP contribution in [0.25, 0.3) is 10.8 Å². The monoisotopic (exact) mass is 818 g/mol. The molecule has 0 amide bonds. The first-order chi connectivity index (χ1) is 31.0. The number of aliphatic imine (C=N–C) groups is 2. The van der Waals surface area contributed by atoms with E-state index in [1.165, 1.54) is 98.5 Å². The first-order valence-electron chi connectivity index (χ1n) is 23.1. The molecule has 0 saturated heterocycles. The van der Waals surface area contributed by atoms with E-state index in [4.69, 9.17) is 9.98 Å². The topological polar surface area (TPSA) is 24.7 Å². The highest BCUT2D eigenvalue weighted by Gasteiger charge is 2.32. The van der Waals surface area contributed by atoms with Gasteiger partial charge in [0.1, 0.15) is 0 Å². The van der Waals surface area contributed by atoms with Crippen molar-refractivity contribution in [1.29, 1.82) is 0 Å². The minimum Gasteiger partial charge on any atom is -0.246 e. The van der Waals surface area contributed by atoms with Gasteiger partial charge in [0.05, 0.1) is 22.8 Å². The number of rotatable bonds is 15. The third kappa shape index (κ3) is 8.86. The van der Waals surface area contributed by atoms with Crippen LogP contribution in [0, 0.1) is 20.8 Å². The minimum absolute atomic E-state index is 0.0687. The molecule has 1 aliphatic carbocycles. The van der Waals surface area contributed by atoms with Crippen molar-refractivity contribution in [1.82, 2.24) is 0 Å². The molecule has 0 spiro atoms. The number of nitrogens with zero attached hydrogens (tertiary/aromatic N) is 2. The third-order valence-electron chi connectivity index (χ3n) is 12.9. The van der Waals surface area contributed by atoms with Gasteiger partial charge in [0.15, 0.2) is 0 Å². The molecule has 0 unspecified atom stereocenters. The summed E-state index contributed by atoms with van der Waals surface area (Å²) in [4.78, 5) is 12.0. The van der Waals surface area contributed by atoms with E-state index in [2.05, 4.69) is 210 Å². The summed E-state index contributed by atoms with van der Waals surface area (Å²) in [5.41, 5.74) is 18.6. The Bertz CT molecular complexity index is 2700. The van der Waals surface area contributed by atoms with Crippen LogP contribution in [0.3, 0.4) is 0 Å². The summed E-state index contributed by atoms with van der Waals surface area (Å²) in [5.74, 6) is -0.137. The van der Waals surface area contributed by atoms with Crippen molar-refractivity contribution in [3.8, 4) is 0 Å². The average Bonchev–Trinajstić information content (AvgIpc) is 3.61. The summed E-state index contributed by atoms with van der Waals surface area (Å²) in [6, 6.07) is 66.7. The average molecular weight is 819 g/mol. The van der Waals surface area contributed by atoms with Crippen LogP contribution in [-0.4, -0.2) is 11.4 Å². The largest absolute Gasteiger partial charge is 0.246 e. The van der Waals surface area contributed by atoms with Crippen LogP contribution in [0.4, 0.5) is 11.4 Å². The summed E-state index contributed by atoms with van der Waals surface area (Å²) in [6.45, 7) is 8.99. The van der Waals surface area contributed by atoms with Gasteiger partial charge in [-0.3, -0.25) is 0 Å². The summed E-state index contributed by atoms with van der Waals surface area (Å²) in [5, 5.41) is 2.43. The highest BCUT2D eigenvalue weighted by molar-refractivity contribution is 6.61. The van der Waals surface area contributed by atoms with E-state index in [-0.39, 0.29) is 11.8 Å². The summed E-state index contributed by atoms with van der Waals surface area (Å²) >= 11 is 0. The molecule has 312 valence electrons. The van der Waals surface area contributed by atoms with Crippen LogP contribution in [0.1, 0.15) is 124 Å². The Kier molecular flexibility index (Phi) is 12.7. The van der Waals surface area contributed by atoms with E-state index in [0.717, 1.165) is 46.8 Å². The molecule has 0 radical (unpaired) electrons. The van der Waals surface area contributed by atoms with Crippen LogP contribution in [0.2, 0.25) is 0 Å². The molecule has 1 aliphatic rings.